The molecule has 0 saturated heterocycles. The number of rotatable bonds is 7. The molecule has 1 unspecified atom stereocenters. The maximum Gasteiger partial charge on any atom is 0.137 e. The number of aliphatic hydroxyl groups is 1. The molecule has 6 heteroatoms. The lowest BCUT2D eigenvalue weighted by molar-refractivity contribution is 0.257. The van der Waals surface area contributed by atoms with Crippen LogP contribution in [0.3, 0.4) is 0 Å². The van der Waals surface area contributed by atoms with Crippen molar-refractivity contribution in [2.24, 2.45) is 0 Å². The first-order chi connectivity index (χ1) is 15.1. The van der Waals surface area contributed by atoms with Crippen LogP contribution in [0.1, 0.15) is 77.6 Å². The van der Waals surface area contributed by atoms with Gasteiger partial charge in [-0.1, -0.05) is 70.9 Å². The second-order valence-electron chi connectivity index (χ2n) is 7.24. The fraction of sp³-hybridized carbons (Fsp3) is 0.480. The quantitative estimate of drug-likeness (QED) is 0.474. The molecule has 2 heterocycles. The number of benzene rings is 1. The topological polar surface area (TPSA) is 63.8 Å². The summed E-state index contributed by atoms with van der Waals surface area (Å²) in [5, 5.41) is 18.1. The van der Waals surface area contributed by atoms with Crippen molar-refractivity contribution < 1.29 is 9.50 Å². The molecule has 0 aliphatic rings. The third kappa shape index (κ3) is 8.58. The molecule has 0 saturated carbocycles. The predicted octanol–water partition coefficient (Wildman–Crippen LogP) is 6.39. The molecule has 0 aliphatic heterocycles. The number of hydrogen-bond acceptors (Lipinski definition) is 4. The Morgan fingerprint density at radius 2 is 1.68 bits per heavy atom. The molecule has 0 aliphatic carbocycles. The number of aliphatic hydroxyl groups excluding tert-OH is 1. The van der Waals surface area contributed by atoms with Crippen LogP contribution in [0.5, 0.6) is 0 Å². The maximum atomic E-state index is 12.2. The van der Waals surface area contributed by atoms with Gasteiger partial charge >= 0.3 is 0 Å². The van der Waals surface area contributed by atoms with Gasteiger partial charge in [0.15, 0.2) is 0 Å². The standard InChI is InChI=1S/C14H20N4O.C8H9F.C3H8/c1-3-7-11(4-2)18-13(10-19)14(16-17-18)12-8-5-6-9-15-12;1-2-7-3-5-8(9)6-4-7;1-3-2/h5-6,8-9,11,19H,3-4,7,10H2,1-2H3;3-6H,2H2,1H3;3H2,1-2H3. The smallest absolute Gasteiger partial charge is 0.137 e. The highest BCUT2D eigenvalue weighted by Crippen LogP contribution is 2.25. The molecule has 3 rings (SSSR count). The first-order valence-corrected chi connectivity index (χ1v) is 11.3. The molecular formula is C25H37FN4O. The monoisotopic (exact) mass is 428 g/mol. The molecular weight excluding hydrogens is 391 g/mol. The number of nitrogens with zero attached hydrogens (tertiary/aromatic N) is 4. The average Bonchev–Trinajstić information content (AvgIpc) is 3.23. The van der Waals surface area contributed by atoms with Crippen molar-refractivity contribution in [2.75, 3.05) is 0 Å². The molecule has 1 N–H and O–H groups in total. The molecule has 0 radical (unpaired) electrons. The van der Waals surface area contributed by atoms with Gasteiger partial charge in [-0.05, 0) is 49.1 Å². The van der Waals surface area contributed by atoms with E-state index < -0.39 is 0 Å². The van der Waals surface area contributed by atoms with Crippen molar-refractivity contribution in [1.82, 2.24) is 20.0 Å². The molecule has 1 aromatic carbocycles. The normalized spacial score (nSPS) is 11.1. The van der Waals surface area contributed by atoms with Gasteiger partial charge in [0.25, 0.3) is 0 Å². The summed E-state index contributed by atoms with van der Waals surface area (Å²) in [7, 11) is 0. The van der Waals surface area contributed by atoms with Crippen LogP contribution in [0.2, 0.25) is 0 Å². The van der Waals surface area contributed by atoms with E-state index in [2.05, 4.69) is 43.0 Å². The van der Waals surface area contributed by atoms with E-state index in [9.17, 15) is 9.50 Å². The largest absolute Gasteiger partial charge is 0.390 e. The summed E-state index contributed by atoms with van der Waals surface area (Å²) in [6, 6.07) is 12.5. The summed E-state index contributed by atoms with van der Waals surface area (Å²) in [4.78, 5) is 4.28. The van der Waals surface area contributed by atoms with E-state index in [1.54, 1.807) is 18.3 Å². The second-order valence-corrected chi connectivity index (χ2v) is 7.24. The zero-order chi connectivity index (χ0) is 23.1. The lowest BCUT2D eigenvalue weighted by Crippen LogP contribution is -2.13. The minimum atomic E-state index is -0.160. The Hall–Kier alpha value is -2.60. The first kappa shape index (κ1) is 26.4. The van der Waals surface area contributed by atoms with Crippen molar-refractivity contribution in [3.63, 3.8) is 0 Å². The molecule has 170 valence electrons. The average molecular weight is 429 g/mol. The highest BCUT2D eigenvalue weighted by molar-refractivity contribution is 5.56. The van der Waals surface area contributed by atoms with Crippen LogP contribution in [0, 0.1) is 5.82 Å². The van der Waals surface area contributed by atoms with Gasteiger partial charge in [-0.2, -0.15) is 0 Å². The van der Waals surface area contributed by atoms with E-state index >= 15 is 0 Å². The number of halogens is 1. The second kappa shape index (κ2) is 15.2. The molecule has 31 heavy (non-hydrogen) atoms. The molecule has 0 bridgehead atoms. The number of aromatic nitrogens is 4. The summed E-state index contributed by atoms with van der Waals surface area (Å²) < 4.78 is 14.1. The number of hydrogen-bond donors (Lipinski definition) is 1. The van der Waals surface area contributed by atoms with Gasteiger partial charge in [-0.3, -0.25) is 4.98 Å². The van der Waals surface area contributed by atoms with Gasteiger partial charge in [0.1, 0.15) is 11.5 Å². The van der Waals surface area contributed by atoms with Crippen LogP contribution >= 0.6 is 0 Å². The molecule has 0 spiro atoms. The third-order valence-corrected chi connectivity index (χ3v) is 4.61. The Kier molecular flexibility index (Phi) is 13.0. The van der Waals surface area contributed by atoms with E-state index in [4.69, 9.17) is 0 Å². The van der Waals surface area contributed by atoms with E-state index in [1.165, 1.54) is 24.1 Å². The number of pyridine rings is 1. The van der Waals surface area contributed by atoms with Crippen LogP contribution in [0.25, 0.3) is 11.4 Å². The van der Waals surface area contributed by atoms with E-state index in [0.717, 1.165) is 37.1 Å². The molecule has 3 aromatic rings. The van der Waals surface area contributed by atoms with Crippen LogP contribution < -0.4 is 0 Å². The summed E-state index contributed by atoms with van der Waals surface area (Å²) in [6.45, 7) is 10.5. The molecule has 1 atom stereocenters. The van der Waals surface area contributed by atoms with Crippen molar-refractivity contribution in [3.8, 4) is 11.4 Å². The van der Waals surface area contributed by atoms with Gasteiger partial charge in [-0.25, -0.2) is 9.07 Å². The van der Waals surface area contributed by atoms with Crippen molar-refractivity contribution in [2.45, 2.75) is 79.4 Å². The van der Waals surface area contributed by atoms with Crippen LogP contribution in [-0.4, -0.2) is 25.1 Å². The Morgan fingerprint density at radius 1 is 1.00 bits per heavy atom. The Morgan fingerprint density at radius 3 is 2.16 bits per heavy atom. The summed E-state index contributed by atoms with van der Waals surface area (Å²) in [5.74, 6) is -0.160. The highest BCUT2D eigenvalue weighted by Gasteiger charge is 2.19. The minimum Gasteiger partial charge on any atom is -0.390 e. The zero-order valence-corrected chi connectivity index (χ0v) is 19.6. The van der Waals surface area contributed by atoms with Gasteiger partial charge in [-0.15, -0.1) is 5.10 Å². The maximum absolute atomic E-state index is 12.2. The molecule has 5 nitrogen and oxygen atoms in total. The van der Waals surface area contributed by atoms with E-state index in [1.807, 2.05) is 29.8 Å². The van der Waals surface area contributed by atoms with Crippen molar-refractivity contribution in [1.29, 1.82) is 0 Å². The number of aryl methyl sites for hydroxylation is 1. The van der Waals surface area contributed by atoms with Gasteiger partial charge in [0.2, 0.25) is 0 Å². The van der Waals surface area contributed by atoms with E-state index in [-0.39, 0.29) is 18.5 Å². The van der Waals surface area contributed by atoms with Gasteiger partial charge < -0.3 is 5.11 Å². The van der Waals surface area contributed by atoms with Crippen LogP contribution in [0.4, 0.5) is 4.39 Å². The minimum absolute atomic E-state index is 0.0703. The Balaban J connectivity index is 0.000000333. The van der Waals surface area contributed by atoms with E-state index in [0.29, 0.717) is 5.69 Å². The fourth-order valence-electron chi connectivity index (χ4n) is 3.01. The van der Waals surface area contributed by atoms with Crippen molar-refractivity contribution in [3.05, 3.63) is 65.7 Å². The van der Waals surface area contributed by atoms with Crippen molar-refractivity contribution >= 4 is 0 Å². The molecule has 2 aromatic heterocycles. The summed E-state index contributed by atoms with van der Waals surface area (Å²) >= 11 is 0. The Bertz CT molecular complexity index is 834. The first-order valence-electron chi connectivity index (χ1n) is 11.3. The third-order valence-electron chi connectivity index (χ3n) is 4.61. The summed E-state index contributed by atoms with van der Waals surface area (Å²) in [6.07, 6.45) is 7.04. The fourth-order valence-corrected chi connectivity index (χ4v) is 3.01. The molecule has 0 fully saturated rings. The zero-order valence-electron chi connectivity index (χ0n) is 19.6. The van der Waals surface area contributed by atoms with Gasteiger partial charge in [0, 0.05) is 6.20 Å². The predicted molar refractivity (Wildman–Crippen MR) is 125 cm³/mol. The lowest BCUT2D eigenvalue weighted by atomic mass is 10.1. The van der Waals surface area contributed by atoms with Crippen LogP contribution in [0.15, 0.2) is 48.7 Å². The highest BCUT2D eigenvalue weighted by atomic mass is 19.1. The summed E-state index contributed by atoms with van der Waals surface area (Å²) in [5.41, 5.74) is 3.36. The molecule has 0 amide bonds. The van der Waals surface area contributed by atoms with Gasteiger partial charge in [0.05, 0.1) is 24.0 Å². The Labute approximate surface area is 186 Å². The SMILES string of the molecule is CCC.CCCC(CC)n1nnc(-c2ccccn2)c1CO.CCc1ccc(F)cc1. The van der Waals surface area contributed by atoms with Crippen LogP contribution in [-0.2, 0) is 13.0 Å². The lowest BCUT2D eigenvalue weighted by Gasteiger charge is -2.16.